The second kappa shape index (κ2) is 8.43. The van der Waals surface area contributed by atoms with E-state index in [0.717, 1.165) is 29.4 Å². The summed E-state index contributed by atoms with van der Waals surface area (Å²) in [4.78, 5) is 20.3. The Morgan fingerprint density at radius 3 is 2.68 bits per heavy atom. The number of benzene rings is 1. The summed E-state index contributed by atoms with van der Waals surface area (Å²) in [5, 5.41) is 7.25. The summed E-state index contributed by atoms with van der Waals surface area (Å²) in [6, 6.07) is 5.96. The van der Waals surface area contributed by atoms with Gasteiger partial charge in [-0.05, 0) is 51.3 Å². The molecule has 3 aromatic rings. The lowest BCUT2D eigenvalue weighted by molar-refractivity contribution is -0.121. The van der Waals surface area contributed by atoms with E-state index < -0.39 is 10.0 Å². The van der Waals surface area contributed by atoms with Crippen LogP contribution in [-0.2, 0) is 27.9 Å². The molecule has 9 nitrogen and oxygen atoms in total. The Hall–Kier alpha value is -2.72. The monoisotopic (exact) mass is 444 g/mol. The van der Waals surface area contributed by atoms with Gasteiger partial charge in [0.2, 0.25) is 15.9 Å². The summed E-state index contributed by atoms with van der Waals surface area (Å²) in [5.74, 6) is 0.548. The van der Waals surface area contributed by atoms with Crippen molar-refractivity contribution < 1.29 is 13.2 Å². The molecule has 1 aromatic carbocycles. The molecule has 0 atom stereocenters. The molecule has 1 fully saturated rings. The predicted octanol–water partition coefficient (Wildman–Crippen LogP) is 2.18. The number of hydrogen-bond acceptors (Lipinski definition) is 5. The molecule has 0 unspecified atom stereocenters. The lowest BCUT2D eigenvalue weighted by Gasteiger charge is -2.15. The van der Waals surface area contributed by atoms with Gasteiger partial charge in [0.25, 0.3) is 0 Å². The molecule has 0 spiro atoms. The van der Waals surface area contributed by atoms with Crippen molar-refractivity contribution in [3.63, 3.8) is 0 Å². The van der Waals surface area contributed by atoms with Crippen LogP contribution in [0.5, 0.6) is 0 Å². The third-order valence-electron chi connectivity index (χ3n) is 5.67. The van der Waals surface area contributed by atoms with Crippen LogP contribution in [0.1, 0.15) is 42.0 Å². The second-order valence-corrected chi connectivity index (χ2v) is 9.94. The number of aryl methyl sites for hydroxylation is 3. The zero-order valence-corrected chi connectivity index (χ0v) is 18.9. The van der Waals surface area contributed by atoms with Gasteiger partial charge >= 0.3 is 0 Å². The minimum atomic E-state index is -3.54. The van der Waals surface area contributed by atoms with E-state index in [-0.39, 0.29) is 17.2 Å². The van der Waals surface area contributed by atoms with Crippen LogP contribution in [-0.4, -0.2) is 51.5 Å². The maximum absolute atomic E-state index is 13.0. The van der Waals surface area contributed by atoms with Gasteiger partial charge in [0.1, 0.15) is 10.7 Å². The summed E-state index contributed by atoms with van der Waals surface area (Å²) >= 11 is 0. The Balaban J connectivity index is 1.38. The topological polar surface area (TPSA) is 113 Å². The first kappa shape index (κ1) is 21.5. The average molecular weight is 445 g/mol. The fourth-order valence-corrected chi connectivity index (χ4v) is 5.96. The molecule has 2 aromatic heterocycles. The van der Waals surface area contributed by atoms with E-state index in [1.54, 1.807) is 18.5 Å². The van der Waals surface area contributed by atoms with Crippen molar-refractivity contribution in [3.05, 3.63) is 41.0 Å². The molecule has 0 aliphatic carbocycles. The highest BCUT2D eigenvalue weighted by Gasteiger charge is 2.32. The van der Waals surface area contributed by atoms with Crippen LogP contribution in [0, 0.1) is 20.8 Å². The molecule has 31 heavy (non-hydrogen) atoms. The largest absolute Gasteiger partial charge is 0.349 e. The lowest BCUT2D eigenvalue weighted by atomic mass is 10.2. The zero-order valence-electron chi connectivity index (χ0n) is 18.1. The third kappa shape index (κ3) is 4.35. The van der Waals surface area contributed by atoms with Crippen molar-refractivity contribution in [1.29, 1.82) is 0 Å². The van der Waals surface area contributed by atoms with Gasteiger partial charge < -0.3 is 10.3 Å². The molecule has 1 aliphatic rings. The molecule has 0 bridgehead atoms. The van der Waals surface area contributed by atoms with E-state index in [0.29, 0.717) is 43.4 Å². The smallest absolute Gasteiger partial charge is 0.246 e. The summed E-state index contributed by atoms with van der Waals surface area (Å²) in [6.07, 6.45) is 1.97. The molecular weight excluding hydrogens is 416 g/mol. The van der Waals surface area contributed by atoms with Gasteiger partial charge in [-0.1, -0.05) is 6.07 Å². The van der Waals surface area contributed by atoms with Gasteiger partial charge in [0.05, 0.1) is 35.5 Å². The Labute approximate surface area is 181 Å². The van der Waals surface area contributed by atoms with E-state index >= 15 is 0 Å². The van der Waals surface area contributed by atoms with Crippen LogP contribution in [0.3, 0.4) is 0 Å². The molecule has 1 aliphatic heterocycles. The Morgan fingerprint density at radius 1 is 1.19 bits per heavy atom. The van der Waals surface area contributed by atoms with E-state index in [1.807, 2.05) is 25.1 Å². The van der Waals surface area contributed by atoms with Gasteiger partial charge in [-0.25, -0.2) is 13.4 Å². The third-order valence-corrected chi connectivity index (χ3v) is 7.82. The number of rotatable bonds is 7. The maximum Gasteiger partial charge on any atom is 0.246 e. The number of H-pyrrole nitrogens is 1. The molecule has 2 N–H and O–H groups in total. The van der Waals surface area contributed by atoms with E-state index in [4.69, 9.17) is 0 Å². The number of sulfonamides is 1. The number of nitrogens with one attached hydrogen (secondary N) is 2. The molecule has 0 saturated carbocycles. The van der Waals surface area contributed by atoms with Crippen molar-refractivity contribution >= 4 is 27.0 Å². The van der Waals surface area contributed by atoms with Crippen molar-refractivity contribution in [3.8, 4) is 0 Å². The number of hydrogen-bond donors (Lipinski definition) is 2. The number of amides is 1. The van der Waals surface area contributed by atoms with Crippen LogP contribution in [0.4, 0.5) is 0 Å². The fraction of sp³-hybridized carbons (Fsp3) is 0.476. The SMILES string of the molecule is Cc1ccc2nc(CNC(=O)CCn3nc(C)c(S(=O)(=O)N4CCCC4)c3C)[nH]c2c1. The molecule has 1 amide bonds. The van der Waals surface area contributed by atoms with Gasteiger partial charge in [0.15, 0.2) is 0 Å². The Bertz CT molecular complexity index is 1220. The number of carbonyl (C=O) groups is 1. The summed E-state index contributed by atoms with van der Waals surface area (Å²) in [7, 11) is -3.54. The average Bonchev–Trinajstić information content (AvgIpc) is 3.43. The molecule has 4 rings (SSSR count). The predicted molar refractivity (Wildman–Crippen MR) is 117 cm³/mol. The number of nitrogens with zero attached hydrogens (tertiary/aromatic N) is 4. The number of aromatic nitrogens is 4. The lowest BCUT2D eigenvalue weighted by Crippen LogP contribution is -2.28. The maximum atomic E-state index is 13.0. The van der Waals surface area contributed by atoms with Gasteiger partial charge in [-0.3, -0.25) is 9.48 Å². The fourth-order valence-electron chi connectivity index (χ4n) is 4.07. The highest BCUT2D eigenvalue weighted by molar-refractivity contribution is 7.89. The van der Waals surface area contributed by atoms with E-state index in [2.05, 4.69) is 20.4 Å². The van der Waals surface area contributed by atoms with Crippen LogP contribution < -0.4 is 5.32 Å². The molecule has 1 saturated heterocycles. The number of fused-ring (bicyclic) bond motifs is 1. The molecule has 3 heterocycles. The molecule has 0 radical (unpaired) electrons. The first-order chi connectivity index (χ1) is 14.8. The first-order valence-corrected chi connectivity index (χ1v) is 12.0. The standard InChI is InChI=1S/C21H28N6O3S/c1-14-6-7-17-18(12-14)24-19(23-17)13-22-20(28)8-11-27-16(3)21(15(2)25-27)31(29,30)26-9-4-5-10-26/h6-7,12H,4-5,8-11,13H2,1-3H3,(H,22,28)(H,23,24). The van der Waals surface area contributed by atoms with Crippen LogP contribution in [0.25, 0.3) is 11.0 Å². The van der Waals surface area contributed by atoms with Gasteiger partial charge in [-0.15, -0.1) is 0 Å². The summed E-state index contributed by atoms with van der Waals surface area (Å²) in [5.41, 5.74) is 4.00. The van der Waals surface area contributed by atoms with Crippen molar-refractivity contribution in [2.75, 3.05) is 13.1 Å². The summed E-state index contributed by atoms with van der Waals surface area (Å²) < 4.78 is 29.1. The van der Waals surface area contributed by atoms with Crippen LogP contribution >= 0.6 is 0 Å². The first-order valence-electron chi connectivity index (χ1n) is 10.5. The Morgan fingerprint density at radius 2 is 1.94 bits per heavy atom. The van der Waals surface area contributed by atoms with Crippen LogP contribution in [0.2, 0.25) is 0 Å². The van der Waals surface area contributed by atoms with Gasteiger partial charge in [0, 0.05) is 19.5 Å². The molecule has 166 valence electrons. The molecular formula is C21H28N6O3S. The molecule has 10 heteroatoms. The van der Waals surface area contributed by atoms with Crippen molar-refractivity contribution in [2.24, 2.45) is 0 Å². The van der Waals surface area contributed by atoms with Crippen LogP contribution in [0.15, 0.2) is 23.1 Å². The highest BCUT2D eigenvalue weighted by atomic mass is 32.2. The minimum Gasteiger partial charge on any atom is -0.349 e. The minimum absolute atomic E-state index is 0.145. The second-order valence-electron chi connectivity index (χ2n) is 8.07. The zero-order chi connectivity index (χ0) is 22.2. The number of carbonyl (C=O) groups excluding carboxylic acids is 1. The highest BCUT2D eigenvalue weighted by Crippen LogP contribution is 2.26. The van der Waals surface area contributed by atoms with Crippen molar-refractivity contribution in [1.82, 2.24) is 29.4 Å². The number of imidazole rings is 1. The normalized spacial score (nSPS) is 15.1. The Kier molecular flexibility index (Phi) is 5.85. The quantitative estimate of drug-likeness (QED) is 0.580. The summed E-state index contributed by atoms with van der Waals surface area (Å²) in [6.45, 7) is 7.19. The van der Waals surface area contributed by atoms with Crippen molar-refractivity contribution in [2.45, 2.75) is 58.0 Å². The van der Waals surface area contributed by atoms with Gasteiger partial charge in [-0.2, -0.15) is 9.40 Å². The van der Waals surface area contributed by atoms with E-state index in [1.165, 1.54) is 4.31 Å². The van der Waals surface area contributed by atoms with E-state index in [9.17, 15) is 13.2 Å². The number of aromatic amines is 1.